The lowest BCUT2D eigenvalue weighted by molar-refractivity contribution is -0.00702. The number of aromatic amines is 1. The van der Waals surface area contributed by atoms with Crippen LogP contribution in [-0.4, -0.2) is 33.2 Å². The number of H-pyrrole nitrogens is 1. The lowest BCUT2D eigenvalue weighted by Crippen LogP contribution is -2.34. The highest BCUT2D eigenvalue weighted by molar-refractivity contribution is 5.94. The van der Waals surface area contributed by atoms with Crippen molar-refractivity contribution < 1.29 is 18.3 Å². The van der Waals surface area contributed by atoms with Gasteiger partial charge in [-0.25, -0.2) is 8.78 Å². The highest BCUT2D eigenvalue weighted by Crippen LogP contribution is 2.34. The maximum Gasteiger partial charge on any atom is 0.275 e. The Morgan fingerprint density at radius 3 is 2.81 bits per heavy atom. The van der Waals surface area contributed by atoms with Crippen molar-refractivity contribution in [1.29, 1.82) is 0 Å². The number of fused-ring (bicyclic) bond motifs is 1. The Morgan fingerprint density at radius 2 is 2.12 bits per heavy atom. The number of hydrogen-bond acceptors (Lipinski definition) is 3. The van der Waals surface area contributed by atoms with Gasteiger partial charge in [-0.15, -0.1) is 0 Å². The van der Waals surface area contributed by atoms with E-state index < -0.39 is 11.6 Å². The first kappa shape index (κ1) is 17.1. The minimum absolute atomic E-state index is 0.00516. The number of carbonyl (C=O) groups excluding carboxylic acids is 1. The Balaban J connectivity index is 1.63. The van der Waals surface area contributed by atoms with Gasteiger partial charge in [0.05, 0.1) is 17.9 Å². The van der Waals surface area contributed by atoms with Crippen molar-refractivity contribution in [2.24, 2.45) is 0 Å². The smallest absolute Gasteiger partial charge is 0.275 e. The summed E-state index contributed by atoms with van der Waals surface area (Å²) in [6.07, 6.45) is 2.24. The van der Waals surface area contributed by atoms with E-state index in [9.17, 15) is 13.6 Å². The number of nitrogens with zero attached hydrogens (tertiary/aromatic N) is 2. The van der Waals surface area contributed by atoms with Crippen LogP contribution in [0.1, 0.15) is 60.1 Å². The van der Waals surface area contributed by atoms with E-state index in [0.29, 0.717) is 17.7 Å². The van der Waals surface area contributed by atoms with Crippen molar-refractivity contribution in [3.05, 3.63) is 52.3 Å². The maximum absolute atomic E-state index is 14.1. The van der Waals surface area contributed by atoms with E-state index in [0.717, 1.165) is 30.2 Å². The summed E-state index contributed by atoms with van der Waals surface area (Å²) in [6.45, 7) is 4.00. The summed E-state index contributed by atoms with van der Waals surface area (Å²) >= 11 is 0. The van der Waals surface area contributed by atoms with Crippen LogP contribution >= 0.6 is 0 Å². The van der Waals surface area contributed by atoms with Crippen LogP contribution in [0.15, 0.2) is 18.2 Å². The minimum atomic E-state index is -0.636. The van der Waals surface area contributed by atoms with Crippen LogP contribution in [0.4, 0.5) is 8.78 Å². The van der Waals surface area contributed by atoms with E-state index in [1.165, 1.54) is 12.1 Å². The highest BCUT2D eigenvalue weighted by atomic mass is 19.1. The van der Waals surface area contributed by atoms with Gasteiger partial charge in [0.15, 0.2) is 5.69 Å². The van der Waals surface area contributed by atoms with E-state index in [-0.39, 0.29) is 30.7 Å². The van der Waals surface area contributed by atoms with Gasteiger partial charge < -0.3 is 9.64 Å². The molecule has 1 amide bonds. The average molecular weight is 361 g/mol. The third-order valence-corrected chi connectivity index (χ3v) is 5.04. The van der Waals surface area contributed by atoms with E-state index in [1.807, 2.05) is 13.8 Å². The van der Waals surface area contributed by atoms with Crippen molar-refractivity contribution in [2.75, 3.05) is 0 Å². The molecule has 0 saturated heterocycles. The first-order valence-electron chi connectivity index (χ1n) is 8.91. The third-order valence-electron chi connectivity index (χ3n) is 5.04. The minimum Gasteiger partial charge on any atom is -0.369 e. The van der Waals surface area contributed by atoms with Gasteiger partial charge in [-0.1, -0.05) is 6.07 Å². The molecule has 0 unspecified atom stereocenters. The second-order valence-corrected chi connectivity index (χ2v) is 7.16. The molecular formula is C19H21F2N3O2. The van der Waals surface area contributed by atoms with Crippen molar-refractivity contribution in [2.45, 2.75) is 57.9 Å². The van der Waals surface area contributed by atoms with Crippen molar-refractivity contribution in [3.8, 4) is 0 Å². The van der Waals surface area contributed by atoms with Gasteiger partial charge in [0.2, 0.25) is 0 Å². The van der Waals surface area contributed by atoms with Crippen molar-refractivity contribution >= 4 is 5.91 Å². The predicted octanol–water partition coefficient (Wildman–Crippen LogP) is 3.51. The SMILES string of the molecule is C[C@@H]1Cc2c(C(=O)N(Cc3ccc(F)cc3F)C3CC3)n[nH]c2[C@H](C)O1. The number of halogens is 2. The van der Waals surface area contributed by atoms with E-state index in [4.69, 9.17) is 4.74 Å². The molecule has 1 aromatic heterocycles. The quantitative estimate of drug-likeness (QED) is 0.907. The standard InChI is InChI=1S/C19H21F2N3O2/c1-10-7-15-17(11(2)26-10)22-23-18(15)19(25)24(14-5-6-14)9-12-3-4-13(20)8-16(12)21/h3-4,8,10-11,14H,5-7,9H2,1-2H3,(H,22,23)/t10-,11+/m1/s1. The van der Waals surface area contributed by atoms with Crippen molar-refractivity contribution in [3.63, 3.8) is 0 Å². The van der Waals surface area contributed by atoms with E-state index >= 15 is 0 Å². The molecule has 2 atom stereocenters. The summed E-state index contributed by atoms with van der Waals surface area (Å²) in [5.74, 6) is -1.47. The molecule has 1 fully saturated rings. The molecule has 1 N–H and O–H groups in total. The number of ether oxygens (including phenoxy) is 1. The summed E-state index contributed by atoms with van der Waals surface area (Å²) in [5.41, 5.74) is 2.40. The number of hydrogen-bond donors (Lipinski definition) is 1. The van der Waals surface area contributed by atoms with Crippen LogP contribution < -0.4 is 0 Å². The lowest BCUT2D eigenvalue weighted by atomic mass is 9.99. The Hall–Kier alpha value is -2.28. The van der Waals surface area contributed by atoms with Crippen LogP contribution in [0.25, 0.3) is 0 Å². The fraction of sp³-hybridized carbons (Fsp3) is 0.474. The number of nitrogens with one attached hydrogen (secondary N) is 1. The summed E-state index contributed by atoms with van der Waals surface area (Å²) in [7, 11) is 0. The molecule has 2 aromatic rings. The Morgan fingerprint density at radius 1 is 1.35 bits per heavy atom. The van der Waals surface area contributed by atoms with Gasteiger partial charge in [0.25, 0.3) is 5.91 Å². The Kier molecular flexibility index (Phi) is 4.26. The van der Waals surface area contributed by atoms with Crippen LogP contribution in [0.2, 0.25) is 0 Å². The number of carbonyl (C=O) groups is 1. The molecule has 1 aromatic carbocycles. The second-order valence-electron chi connectivity index (χ2n) is 7.16. The van der Waals surface area contributed by atoms with Gasteiger partial charge in [-0.3, -0.25) is 9.89 Å². The predicted molar refractivity (Wildman–Crippen MR) is 90.5 cm³/mol. The maximum atomic E-state index is 14.1. The molecule has 2 aliphatic rings. The van der Waals surface area contributed by atoms with Crippen LogP contribution in [-0.2, 0) is 17.7 Å². The first-order valence-corrected chi connectivity index (χ1v) is 8.91. The van der Waals surface area contributed by atoms with Crippen molar-refractivity contribution in [1.82, 2.24) is 15.1 Å². The number of benzene rings is 1. The molecule has 26 heavy (non-hydrogen) atoms. The Bertz CT molecular complexity index is 847. The molecule has 1 saturated carbocycles. The zero-order valence-electron chi connectivity index (χ0n) is 14.8. The van der Waals surface area contributed by atoms with Gasteiger partial charge in [-0.05, 0) is 32.8 Å². The lowest BCUT2D eigenvalue weighted by Gasteiger charge is -2.26. The summed E-state index contributed by atoms with van der Waals surface area (Å²) in [5, 5.41) is 7.17. The largest absolute Gasteiger partial charge is 0.369 e. The number of aromatic nitrogens is 2. The fourth-order valence-electron chi connectivity index (χ4n) is 3.57. The molecule has 1 aliphatic heterocycles. The zero-order valence-corrected chi connectivity index (χ0v) is 14.8. The molecule has 0 spiro atoms. The molecule has 0 bridgehead atoms. The Labute approximate surface area is 150 Å². The molecule has 7 heteroatoms. The van der Waals surface area contributed by atoms with Crippen LogP contribution in [0, 0.1) is 11.6 Å². The zero-order chi connectivity index (χ0) is 18.4. The van der Waals surface area contributed by atoms with E-state index in [1.54, 1.807) is 4.90 Å². The molecule has 2 heterocycles. The second kappa shape index (κ2) is 6.46. The normalized spacial score (nSPS) is 22.2. The molecular weight excluding hydrogens is 340 g/mol. The third kappa shape index (κ3) is 3.11. The number of rotatable bonds is 4. The average Bonchev–Trinajstić information content (AvgIpc) is 3.32. The highest BCUT2D eigenvalue weighted by Gasteiger charge is 2.37. The molecule has 0 radical (unpaired) electrons. The van der Waals surface area contributed by atoms with Gasteiger partial charge in [0.1, 0.15) is 11.6 Å². The fourth-order valence-corrected chi connectivity index (χ4v) is 3.57. The number of amides is 1. The molecule has 4 rings (SSSR count). The van der Waals surface area contributed by atoms with E-state index in [2.05, 4.69) is 10.2 Å². The first-order chi connectivity index (χ1) is 12.4. The van der Waals surface area contributed by atoms with Gasteiger partial charge in [0, 0.05) is 36.2 Å². The summed E-state index contributed by atoms with van der Waals surface area (Å²) < 4.78 is 33.0. The molecule has 1 aliphatic carbocycles. The van der Waals surface area contributed by atoms with Gasteiger partial charge >= 0.3 is 0 Å². The van der Waals surface area contributed by atoms with Gasteiger partial charge in [-0.2, -0.15) is 5.10 Å². The van der Waals surface area contributed by atoms with Crippen LogP contribution in [0.5, 0.6) is 0 Å². The molecule has 5 nitrogen and oxygen atoms in total. The monoisotopic (exact) mass is 361 g/mol. The molecule has 138 valence electrons. The topological polar surface area (TPSA) is 58.2 Å². The summed E-state index contributed by atoms with van der Waals surface area (Å²) in [4.78, 5) is 14.8. The van der Waals surface area contributed by atoms with Crippen LogP contribution in [0.3, 0.4) is 0 Å². The summed E-state index contributed by atoms with van der Waals surface area (Å²) in [6, 6.07) is 3.53.